The molecule has 0 aliphatic heterocycles. The zero-order valence-electron chi connectivity index (χ0n) is 13.5. The van der Waals surface area contributed by atoms with Crippen LogP contribution in [0, 0.1) is 5.92 Å². The highest BCUT2D eigenvalue weighted by Crippen LogP contribution is 2.28. The summed E-state index contributed by atoms with van der Waals surface area (Å²) in [5.41, 5.74) is 2.08. The Labute approximate surface area is 127 Å². The zero-order valence-corrected chi connectivity index (χ0v) is 13.5. The lowest BCUT2D eigenvalue weighted by atomic mass is 10.1. The Bertz CT molecular complexity index is 465. The normalized spacial score (nSPS) is 15.9. The molecule has 1 aliphatic carbocycles. The minimum atomic E-state index is 0.0283. The molecule has 0 spiro atoms. The van der Waals surface area contributed by atoms with Crippen LogP contribution in [-0.4, -0.2) is 30.6 Å². The van der Waals surface area contributed by atoms with E-state index in [9.17, 15) is 4.79 Å². The molecule has 0 saturated heterocycles. The van der Waals surface area contributed by atoms with E-state index in [1.165, 1.54) is 5.56 Å². The Morgan fingerprint density at radius 3 is 2.33 bits per heavy atom. The van der Waals surface area contributed by atoms with Gasteiger partial charge in [0.25, 0.3) is 0 Å². The molecule has 1 aromatic carbocycles. The SMILES string of the molecule is CNC(C)c1ccc(NC(=O)N(CC(C)C)C2CC2)cc1. The maximum Gasteiger partial charge on any atom is 0.322 e. The Morgan fingerprint density at radius 1 is 1.24 bits per heavy atom. The van der Waals surface area contributed by atoms with E-state index in [0.717, 1.165) is 25.1 Å². The van der Waals surface area contributed by atoms with E-state index < -0.39 is 0 Å². The van der Waals surface area contributed by atoms with Gasteiger partial charge in [0, 0.05) is 24.3 Å². The molecule has 1 aliphatic rings. The van der Waals surface area contributed by atoms with Crippen LogP contribution in [0.15, 0.2) is 24.3 Å². The van der Waals surface area contributed by atoms with E-state index in [1.807, 2.05) is 24.1 Å². The highest BCUT2D eigenvalue weighted by molar-refractivity contribution is 5.89. The Balaban J connectivity index is 1.97. The van der Waals surface area contributed by atoms with Gasteiger partial charge in [-0.05, 0) is 50.4 Å². The van der Waals surface area contributed by atoms with Crippen molar-refractivity contribution >= 4 is 11.7 Å². The van der Waals surface area contributed by atoms with E-state index in [-0.39, 0.29) is 6.03 Å². The number of benzene rings is 1. The number of carbonyl (C=O) groups excluding carboxylic acids is 1. The fourth-order valence-corrected chi connectivity index (χ4v) is 2.39. The smallest absolute Gasteiger partial charge is 0.321 e. The summed E-state index contributed by atoms with van der Waals surface area (Å²) in [4.78, 5) is 14.4. The van der Waals surface area contributed by atoms with Crippen molar-refractivity contribution in [3.63, 3.8) is 0 Å². The first-order chi connectivity index (χ1) is 10.0. The van der Waals surface area contributed by atoms with Gasteiger partial charge in [0.1, 0.15) is 0 Å². The third-order valence-electron chi connectivity index (χ3n) is 3.91. The lowest BCUT2D eigenvalue weighted by Gasteiger charge is -2.24. The average molecular weight is 289 g/mol. The number of nitrogens with zero attached hydrogens (tertiary/aromatic N) is 1. The molecule has 1 aromatic rings. The quantitative estimate of drug-likeness (QED) is 0.840. The van der Waals surface area contributed by atoms with Gasteiger partial charge in [-0.15, -0.1) is 0 Å². The zero-order chi connectivity index (χ0) is 15.4. The molecular weight excluding hydrogens is 262 g/mol. The molecule has 2 N–H and O–H groups in total. The number of rotatable bonds is 6. The largest absolute Gasteiger partial charge is 0.322 e. The summed E-state index contributed by atoms with van der Waals surface area (Å²) < 4.78 is 0. The van der Waals surface area contributed by atoms with Crippen molar-refractivity contribution in [3.05, 3.63) is 29.8 Å². The van der Waals surface area contributed by atoms with Gasteiger partial charge in [-0.3, -0.25) is 0 Å². The third kappa shape index (κ3) is 4.46. The summed E-state index contributed by atoms with van der Waals surface area (Å²) >= 11 is 0. The number of amides is 2. The van der Waals surface area contributed by atoms with Gasteiger partial charge in [0.15, 0.2) is 0 Å². The molecule has 1 fully saturated rings. The summed E-state index contributed by atoms with van der Waals surface area (Å²) in [5, 5.41) is 6.23. The molecule has 116 valence electrons. The van der Waals surface area contributed by atoms with Gasteiger partial charge in [-0.1, -0.05) is 26.0 Å². The Hall–Kier alpha value is -1.55. The molecule has 2 amide bonds. The van der Waals surface area contributed by atoms with Crippen LogP contribution in [0.1, 0.15) is 45.2 Å². The fourth-order valence-electron chi connectivity index (χ4n) is 2.39. The first-order valence-corrected chi connectivity index (χ1v) is 7.86. The van der Waals surface area contributed by atoms with Crippen molar-refractivity contribution in [2.45, 2.75) is 45.7 Å². The second-order valence-corrected chi connectivity index (χ2v) is 6.34. The standard InChI is InChI=1S/C17H27N3O/c1-12(2)11-20(16-9-10-16)17(21)19-15-7-5-14(6-8-15)13(3)18-4/h5-8,12-13,16,18H,9-11H2,1-4H3,(H,19,21). The maximum absolute atomic E-state index is 12.4. The lowest BCUT2D eigenvalue weighted by molar-refractivity contribution is 0.201. The van der Waals surface area contributed by atoms with Crippen molar-refractivity contribution in [1.29, 1.82) is 0 Å². The topological polar surface area (TPSA) is 44.4 Å². The van der Waals surface area contributed by atoms with E-state index >= 15 is 0 Å². The predicted octanol–water partition coefficient (Wildman–Crippen LogP) is 3.62. The molecule has 0 radical (unpaired) electrons. The molecule has 0 bridgehead atoms. The van der Waals surface area contributed by atoms with E-state index in [0.29, 0.717) is 18.0 Å². The predicted molar refractivity (Wildman–Crippen MR) is 87.5 cm³/mol. The van der Waals surface area contributed by atoms with Crippen molar-refractivity contribution < 1.29 is 4.79 Å². The second kappa shape index (κ2) is 6.94. The van der Waals surface area contributed by atoms with Crippen molar-refractivity contribution in [2.24, 2.45) is 5.92 Å². The van der Waals surface area contributed by atoms with E-state index in [4.69, 9.17) is 0 Å². The van der Waals surface area contributed by atoms with Crippen LogP contribution in [0.5, 0.6) is 0 Å². The van der Waals surface area contributed by atoms with Gasteiger partial charge in [-0.25, -0.2) is 4.79 Å². The highest BCUT2D eigenvalue weighted by atomic mass is 16.2. The monoisotopic (exact) mass is 289 g/mol. The number of urea groups is 1. The highest BCUT2D eigenvalue weighted by Gasteiger charge is 2.32. The molecule has 0 aromatic heterocycles. The van der Waals surface area contributed by atoms with Gasteiger partial charge in [-0.2, -0.15) is 0 Å². The van der Waals surface area contributed by atoms with Crippen LogP contribution >= 0.6 is 0 Å². The molecule has 2 rings (SSSR count). The summed E-state index contributed by atoms with van der Waals surface area (Å²) in [6, 6.07) is 8.85. The summed E-state index contributed by atoms with van der Waals surface area (Å²) in [6.45, 7) is 7.24. The van der Waals surface area contributed by atoms with Crippen molar-refractivity contribution in [1.82, 2.24) is 10.2 Å². The molecule has 1 saturated carbocycles. The first-order valence-electron chi connectivity index (χ1n) is 7.86. The van der Waals surface area contributed by atoms with Crippen LogP contribution in [0.3, 0.4) is 0 Å². The van der Waals surface area contributed by atoms with Crippen LogP contribution in [0.2, 0.25) is 0 Å². The molecule has 1 unspecified atom stereocenters. The lowest BCUT2D eigenvalue weighted by Crippen LogP contribution is -2.39. The van der Waals surface area contributed by atoms with E-state index in [2.05, 4.69) is 43.5 Å². The number of carbonyl (C=O) groups is 1. The fraction of sp³-hybridized carbons (Fsp3) is 0.588. The number of hydrogen-bond donors (Lipinski definition) is 2. The molecule has 1 atom stereocenters. The average Bonchev–Trinajstić information content (AvgIpc) is 3.29. The van der Waals surface area contributed by atoms with Crippen LogP contribution in [0.4, 0.5) is 10.5 Å². The minimum Gasteiger partial charge on any atom is -0.321 e. The maximum atomic E-state index is 12.4. The number of hydrogen-bond acceptors (Lipinski definition) is 2. The second-order valence-electron chi connectivity index (χ2n) is 6.34. The number of anilines is 1. The summed E-state index contributed by atoms with van der Waals surface area (Å²) in [5.74, 6) is 0.496. The van der Waals surface area contributed by atoms with Gasteiger partial charge in [0.2, 0.25) is 0 Å². The van der Waals surface area contributed by atoms with Crippen LogP contribution in [-0.2, 0) is 0 Å². The van der Waals surface area contributed by atoms with E-state index in [1.54, 1.807) is 0 Å². The van der Waals surface area contributed by atoms with Crippen LogP contribution in [0.25, 0.3) is 0 Å². The van der Waals surface area contributed by atoms with Gasteiger partial charge >= 0.3 is 6.03 Å². The molecule has 4 nitrogen and oxygen atoms in total. The van der Waals surface area contributed by atoms with Crippen LogP contribution < -0.4 is 10.6 Å². The molecule has 4 heteroatoms. The first kappa shape index (κ1) is 15.8. The third-order valence-corrected chi connectivity index (χ3v) is 3.91. The summed E-state index contributed by atoms with van der Waals surface area (Å²) in [6.07, 6.45) is 2.28. The van der Waals surface area contributed by atoms with Gasteiger partial charge < -0.3 is 15.5 Å². The van der Waals surface area contributed by atoms with Crippen molar-refractivity contribution in [2.75, 3.05) is 18.9 Å². The van der Waals surface area contributed by atoms with Crippen molar-refractivity contribution in [3.8, 4) is 0 Å². The molecular formula is C17H27N3O. The molecule has 21 heavy (non-hydrogen) atoms. The van der Waals surface area contributed by atoms with Gasteiger partial charge in [0.05, 0.1) is 0 Å². The summed E-state index contributed by atoms with van der Waals surface area (Å²) in [7, 11) is 1.94. The Morgan fingerprint density at radius 2 is 1.86 bits per heavy atom. The minimum absolute atomic E-state index is 0.0283. The molecule has 0 heterocycles. The number of nitrogens with one attached hydrogen (secondary N) is 2. The Kier molecular flexibility index (Phi) is 5.23.